The van der Waals surface area contributed by atoms with Crippen molar-refractivity contribution in [3.63, 3.8) is 0 Å². The minimum Gasteiger partial charge on any atom is -0.277 e. The zero-order valence-corrected chi connectivity index (χ0v) is 13.5. The molecular formula is C12H7BrFN3O2S2. The maximum atomic E-state index is 13.1. The van der Waals surface area contributed by atoms with E-state index in [2.05, 4.69) is 29.4 Å². The van der Waals surface area contributed by atoms with E-state index in [0.29, 0.717) is 16.7 Å². The predicted octanol–water partition coefficient (Wildman–Crippen LogP) is 3.39. The summed E-state index contributed by atoms with van der Waals surface area (Å²) in [6.45, 7) is 0. The van der Waals surface area contributed by atoms with Crippen LogP contribution in [0.1, 0.15) is 0 Å². The molecule has 0 aliphatic rings. The van der Waals surface area contributed by atoms with E-state index in [9.17, 15) is 12.8 Å². The number of nitrogens with one attached hydrogen (secondary N) is 1. The van der Waals surface area contributed by atoms with Gasteiger partial charge in [-0.2, -0.15) is 8.75 Å². The molecule has 21 heavy (non-hydrogen) atoms. The summed E-state index contributed by atoms with van der Waals surface area (Å²) in [5, 5.41) is 0. The molecule has 0 fully saturated rings. The third-order valence-corrected chi connectivity index (χ3v) is 5.60. The van der Waals surface area contributed by atoms with Crippen LogP contribution in [0.5, 0.6) is 0 Å². The Morgan fingerprint density at radius 2 is 2.00 bits per heavy atom. The molecule has 1 N–H and O–H groups in total. The second-order valence-electron chi connectivity index (χ2n) is 4.12. The van der Waals surface area contributed by atoms with Gasteiger partial charge in [-0.1, -0.05) is 6.07 Å². The number of rotatable bonds is 3. The summed E-state index contributed by atoms with van der Waals surface area (Å²) in [7, 11) is -3.86. The van der Waals surface area contributed by atoms with Gasteiger partial charge < -0.3 is 0 Å². The molecule has 9 heteroatoms. The SMILES string of the molecule is O=S(=O)(Nc1cccc2nsnc12)c1ccc(F)cc1Br. The highest BCUT2D eigenvalue weighted by molar-refractivity contribution is 9.10. The number of aromatic nitrogens is 2. The van der Waals surface area contributed by atoms with Crippen molar-refractivity contribution in [1.29, 1.82) is 0 Å². The molecule has 3 aromatic rings. The van der Waals surface area contributed by atoms with Crippen molar-refractivity contribution in [3.05, 3.63) is 46.7 Å². The molecule has 1 heterocycles. The molecule has 0 saturated heterocycles. The lowest BCUT2D eigenvalue weighted by Gasteiger charge is -2.09. The van der Waals surface area contributed by atoms with Crippen LogP contribution in [0.3, 0.4) is 0 Å². The molecule has 108 valence electrons. The molecule has 0 bridgehead atoms. The number of hydrogen-bond donors (Lipinski definition) is 1. The quantitative estimate of drug-likeness (QED) is 0.747. The van der Waals surface area contributed by atoms with Gasteiger partial charge in [0.15, 0.2) is 0 Å². The third kappa shape index (κ3) is 2.76. The van der Waals surface area contributed by atoms with Gasteiger partial charge in [0.2, 0.25) is 0 Å². The van der Waals surface area contributed by atoms with Crippen LogP contribution in [-0.2, 0) is 10.0 Å². The topological polar surface area (TPSA) is 72.0 Å². The lowest BCUT2D eigenvalue weighted by atomic mass is 10.3. The molecule has 2 aromatic carbocycles. The fourth-order valence-corrected chi connectivity index (χ4v) is 4.45. The van der Waals surface area contributed by atoms with Crippen LogP contribution < -0.4 is 4.72 Å². The Bertz CT molecular complexity index is 927. The van der Waals surface area contributed by atoms with Gasteiger partial charge in [0.1, 0.15) is 21.7 Å². The summed E-state index contributed by atoms with van der Waals surface area (Å²) < 4.78 is 48.6. The number of benzene rings is 2. The Kier molecular flexibility index (Phi) is 3.64. The van der Waals surface area contributed by atoms with Gasteiger partial charge in [-0.25, -0.2) is 12.8 Å². The minimum atomic E-state index is -3.86. The second kappa shape index (κ2) is 5.32. The Morgan fingerprint density at radius 3 is 2.76 bits per heavy atom. The van der Waals surface area contributed by atoms with Crippen LogP contribution in [0.25, 0.3) is 11.0 Å². The smallest absolute Gasteiger partial charge is 0.263 e. The summed E-state index contributed by atoms with van der Waals surface area (Å²) in [5.74, 6) is -0.522. The molecule has 1 aromatic heterocycles. The van der Waals surface area contributed by atoms with Crippen molar-refractivity contribution >= 4 is 54.4 Å². The Balaban J connectivity index is 2.05. The molecule has 0 atom stereocenters. The molecule has 0 spiro atoms. The van der Waals surface area contributed by atoms with Gasteiger partial charge in [-0.3, -0.25) is 4.72 Å². The zero-order valence-electron chi connectivity index (χ0n) is 10.2. The van der Waals surface area contributed by atoms with E-state index in [1.54, 1.807) is 18.2 Å². The summed E-state index contributed by atoms with van der Waals surface area (Å²) in [6.07, 6.45) is 0. The first-order valence-electron chi connectivity index (χ1n) is 5.66. The van der Waals surface area contributed by atoms with Crippen molar-refractivity contribution in [1.82, 2.24) is 8.75 Å². The molecular weight excluding hydrogens is 381 g/mol. The monoisotopic (exact) mass is 387 g/mol. The first-order chi connectivity index (χ1) is 9.97. The number of hydrogen-bond acceptors (Lipinski definition) is 5. The lowest BCUT2D eigenvalue weighted by Crippen LogP contribution is -2.14. The lowest BCUT2D eigenvalue weighted by molar-refractivity contribution is 0.599. The molecule has 0 unspecified atom stereocenters. The zero-order chi connectivity index (χ0) is 15.0. The first-order valence-corrected chi connectivity index (χ1v) is 8.67. The van der Waals surface area contributed by atoms with Crippen molar-refractivity contribution in [3.8, 4) is 0 Å². The normalized spacial score (nSPS) is 11.7. The van der Waals surface area contributed by atoms with Crippen molar-refractivity contribution in [2.45, 2.75) is 4.90 Å². The van der Waals surface area contributed by atoms with Gasteiger partial charge >= 0.3 is 0 Å². The maximum absolute atomic E-state index is 13.1. The van der Waals surface area contributed by atoms with E-state index >= 15 is 0 Å². The molecule has 0 radical (unpaired) electrons. The minimum absolute atomic E-state index is 0.0518. The maximum Gasteiger partial charge on any atom is 0.263 e. The highest BCUT2D eigenvalue weighted by Crippen LogP contribution is 2.27. The van der Waals surface area contributed by atoms with E-state index in [4.69, 9.17) is 0 Å². The molecule has 0 aliphatic carbocycles. The molecule has 0 saturated carbocycles. The van der Waals surface area contributed by atoms with Gasteiger partial charge in [0, 0.05) is 4.47 Å². The molecule has 3 rings (SSSR count). The van der Waals surface area contributed by atoms with E-state index in [-0.39, 0.29) is 9.37 Å². The average molecular weight is 388 g/mol. The van der Waals surface area contributed by atoms with Gasteiger partial charge in [-0.05, 0) is 46.3 Å². The van der Waals surface area contributed by atoms with Crippen molar-refractivity contribution in [2.24, 2.45) is 0 Å². The van der Waals surface area contributed by atoms with Crippen LogP contribution in [0.2, 0.25) is 0 Å². The fourth-order valence-electron chi connectivity index (χ4n) is 1.78. The van der Waals surface area contributed by atoms with Crippen LogP contribution in [0.4, 0.5) is 10.1 Å². The van der Waals surface area contributed by atoms with E-state index < -0.39 is 15.8 Å². The summed E-state index contributed by atoms with van der Waals surface area (Å²) >= 11 is 4.05. The first kappa shape index (κ1) is 14.4. The summed E-state index contributed by atoms with van der Waals surface area (Å²) in [6, 6.07) is 8.40. The second-order valence-corrected chi connectivity index (χ2v) is 7.15. The standard InChI is InChI=1S/C12H7BrFN3O2S2/c13-8-6-7(14)4-5-11(8)21(18,19)17-10-3-1-2-9-12(10)16-20-15-9/h1-6,17H. The summed E-state index contributed by atoms with van der Waals surface area (Å²) in [4.78, 5) is -0.0518. The fraction of sp³-hybridized carbons (Fsp3) is 0. The van der Waals surface area contributed by atoms with Crippen LogP contribution in [0.15, 0.2) is 45.8 Å². The Labute approximate surface area is 132 Å². The number of nitrogens with zero attached hydrogens (tertiary/aromatic N) is 2. The largest absolute Gasteiger partial charge is 0.277 e. The van der Waals surface area contributed by atoms with E-state index in [0.717, 1.165) is 23.9 Å². The Morgan fingerprint density at radius 1 is 1.19 bits per heavy atom. The highest BCUT2D eigenvalue weighted by Gasteiger charge is 2.19. The van der Waals surface area contributed by atoms with E-state index in [1.807, 2.05) is 0 Å². The predicted molar refractivity (Wildman–Crippen MR) is 82.3 cm³/mol. The highest BCUT2D eigenvalue weighted by atomic mass is 79.9. The summed E-state index contributed by atoms with van der Waals surface area (Å²) in [5.41, 5.74) is 1.42. The molecule has 0 amide bonds. The van der Waals surface area contributed by atoms with Crippen molar-refractivity contribution < 1.29 is 12.8 Å². The Hall–Kier alpha value is -1.58. The molecule has 0 aliphatic heterocycles. The number of anilines is 1. The van der Waals surface area contributed by atoms with Gasteiger partial charge in [0.05, 0.1) is 17.4 Å². The van der Waals surface area contributed by atoms with E-state index in [1.165, 1.54) is 6.07 Å². The van der Waals surface area contributed by atoms with Crippen LogP contribution >= 0.6 is 27.7 Å². The number of halogens is 2. The average Bonchev–Trinajstić information content (AvgIpc) is 2.87. The number of sulfonamides is 1. The third-order valence-electron chi connectivity index (χ3n) is 2.71. The van der Waals surface area contributed by atoms with Crippen molar-refractivity contribution in [2.75, 3.05) is 4.72 Å². The van der Waals surface area contributed by atoms with Gasteiger partial charge in [0.25, 0.3) is 10.0 Å². The molecule has 5 nitrogen and oxygen atoms in total. The van der Waals surface area contributed by atoms with Crippen LogP contribution in [-0.4, -0.2) is 17.2 Å². The van der Waals surface area contributed by atoms with Crippen LogP contribution in [0, 0.1) is 5.82 Å². The number of fused-ring (bicyclic) bond motifs is 1. The van der Waals surface area contributed by atoms with Gasteiger partial charge in [-0.15, -0.1) is 0 Å².